The summed E-state index contributed by atoms with van der Waals surface area (Å²) < 4.78 is 6.17. The molecular formula is C14H15BrN2O3. The van der Waals surface area contributed by atoms with Gasteiger partial charge in [0.25, 0.3) is 5.69 Å². The SMILES string of the molecule is Cc1cc([N+](=O)[O-])c(C)cc1NC(C)c1ccc(Br)o1. The first-order valence-corrected chi connectivity index (χ1v) is 6.95. The average Bonchev–Trinajstić information content (AvgIpc) is 2.79. The summed E-state index contributed by atoms with van der Waals surface area (Å²) in [7, 11) is 0. The molecule has 1 atom stereocenters. The molecule has 0 aliphatic carbocycles. The minimum absolute atomic E-state index is 0.0270. The molecule has 0 fully saturated rings. The van der Waals surface area contributed by atoms with Gasteiger partial charge in [0, 0.05) is 17.3 Å². The Morgan fingerprint density at radius 1 is 1.30 bits per heavy atom. The number of anilines is 1. The number of nitrogens with one attached hydrogen (secondary N) is 1. The molecule has 0 aliphatic rings. The predicted octanol–water partition coefficient (Wildman–Crippen LogP) is 4.74. The molecular weight excluding hydrogens is 324 g/mol. The van der Waals surface area contributed by atoms with Crippen molar-refractivity contribution in [1.82, 2.24) is 0 Å². The van der Waals surface area contributed by atoms with Crippen LogP contribution in [0.4, 0.5) is 11.4 Å². The summed E-state index contributed by atoms with van der Waals surface area (Å²) in [6.45, 7) is 5.55. The third kappa shape index (κ3) is 3.01. The zero-order chi connectivity index (χ0) is 14.9. The first kappa shape index (κ1) is 14.6. The van der Waals surface area contributed by atoms with Gasteiger partial charge in [-0.15, -0.1) is 0 Å². The van der Waals surface area contributed by atoms with Gasteiger partial charge in [-0.25, -0.2) is 0 Å². The number of furan rings is 1. The summed E-state index contributed by atoms with van der Waals surface area (Å²) in [4.78, 5) is 10.5. The van der Waals surface area contributed by atoms with Crippen molar-refractivity contribution in [1.29, 1.82) is 0 Å². The standard InChI is InChI=1S/C14H15BrN2O3/c1-8-7-12(17(18)19)9(2)6-11(8)16-10(3)13-4-5-14(15)20-13/h4-7,10,16H,1-3H3. The van der Waals surface area contributed by atoms with Gasteiger partial charge in [0.05, 0.1) is 11.0 Å². The Balaban J connectivity index is 2.25. The lowest BCUT2D eigenvalue weighted by Crippen LogP contribution is -2.07. The molecule has 0 radical (unpaired) electrons. The molecule has 0 saturated heterocycles. The van der Waals surface area contributed by atoms with Gasteiger partial charge in [-0.05, 0) is 60.5 Å². The van der Waals surface area contributed by atoms with E-state index in [0.29, 0.717) is 10.2 Å². The van der Waals surface area contributed by atoms with E-state index in [1.54, 1.807) is 19.1 Å². The van der Waals surface area contributed by atoms with Crippen molar-refractivity contribution in [2.24, 2.45) is 0 Å². The van der Waals surface area contributed by atoms with E-state index in [2.05, 4.69) is 21.2 Å². The van der Waals surface area contributed by atoms with Crippen LogP contribution < -0.4 is 5.32 Å². The van der Waals surface area contributed by atoms with Crippen LogP contribution in [0, 0.1) is 24.0 Å². The molecule has 1 aromatic heterocycles. The van der Waals surface area contributed by atoms with E-state index in [4.69, 9.17) is 4.42 Å². The Kier molecular flexibility index (Phi) is 4.13. The van der Waals surface area contributed by atoms with E-state index in [9.17, 15) is 10.1 Å². The third-order valence-electron chi connectivity index (χ3n) is 3.13. The number of halogens is 1. The van der Waals surface area contributed by atoms with Crippen LogP contribution in [0.2, 0.25) is 0 Å². The Bertz CT molecular complexity index is 652. The van der Waals surface area contributed by atoms with Crippen molar-refractivity contribution in [2.45, 2.75) is 26.8 Å². The Labute approximate surface area is 125 Å². The molecule has 0 spiro atoms. The van der Waals surface area contributed by atoms with Crippen molar-refractivity contribution in [2.75, 3.05) is 5.32 Å². The summed E-state index contributed by atoms with van der Waals surface area (Å²) in [6.07, 6.45) is 0. The molecule has 2 aromatic rings. The fraction of sp³-hybridized carbons (Fsp3) is 0.286. The van der Waals surface area contributed by atoms with Crippen LogP contribution in [0.25, 0.3) is 0 Å². The lowest BCUT2D eigenvalue weighted by Gasteiger charge is -2.15. The summed E-state index contributed by atoms with van der Waals surface area (Å²) >= 11 is 3.27. The van der Waals surface area contributed by atoms with Crippen molar-refractivity contribution in [3.8, 4) is 0 Å². The second kappa shape index (κ2) is 5.66. The van der Waals surface area contributed by atoms with Crippen LogP contribution in [0.1, 0.15) is 29.9 Å². The number of aryl methyl sites for hydroxylation is 2. The summed E-state index contributed by atoms with van der Waals surface area (Å²) in [6, 6.07) is 7.07. The van der Waals surface area contributed by atoms with Gasteiger partial charge in [0.2, 0.25) is 0 Å². The number of nitrogens with zero attached hydrogens (tertiary/aromatic N) is 1. The fourth-order valence-corrected chi connectivity index (χ4v) is 2.34. The van der Waals surface area contributed by atoms with Crippen LogP contribution in [0.15, 0.2) is 33.4 Å². The molecule has 20 heavy (non-hydrogen) atoms. The molecule has 2 rings (SSSR count). The lowest BCUT2D eigenvalue weighted by atomic mass is 10.1. The summed E-state index contributed by atoms with van der Waals surface area (Å²) in [5.41, 5.74) is 2.48. The maximum atomic E-state index is 10.9. The highest BCUT2D eigenvalue weighted by atomic mass is 79.9. The normalized spacial score (nSPS) is 12.2. The Morgan fingerprint density at radius 2 is 2.00 bits per heavy atom. The van der Waals surface area contributed by atoms with Crippen molar-refractivity contribution in [3.63, 3.8) is 0 Å². The molecule has 0 amide bonds. The first-order chi connectivity index (χ1) is 9.38. The van der Waals surface area contributed by atoms with Gasteiger partial charge < -0.3 is 9.73 Å². The van der Waals surface area contributed by atoms with Crippen LogP contribution in [-0.2, 0) is 0 Å². The minimum Gasteiger partial charge on any atom is -0.452 e. The fourth-order valence-electron chi connectivity index (χ4n) is 2.02. The van der Waals surface area contributed by atoms with Gasteiger partial charge in [-0.1, -0.05) is 0 Å². The van der Waals surface area contributed by atoms with Gasteiger partial charge in [-0.2, -0.15) is 0 Å². The van der Waals surface area contributed by atoms with E-state index in [0.717, 1.165) is 17.0 Å². The lowest BCUT2D eigenvalue weighted by molar-refractivity contribution is -0.385. The number of nitro benzene ring substituents is 1. The summed E-state index contributed by atoms with van der Waals surface area (Å²) in [5.74, 6) is 0.798. The maximum Gasteiger partial charge on any atom is 0.272 e. The molecule has 6 heteroatoms. The van der Waals surface area contributed by atoms with Gasteiger partial charge >= 0.3 is 0 Å². The van der Waals surface area contributed by atoms with Crippen LogP contribution >= 0.6 is 15.9 Å². The number of hydrogen-bond acceptors (Lipinski definition) is 4. The number of hydrogen-bond donors (Lipinski definition) is 1. The zero-order valence-corrected chi connectivity index (χ0v) is 13.0. The number of rotatable bonds is 4. The number of nitro groups is 1. The molecule has 1 N–H and O–H groups in total. The van der Waals surface area contributed by atoms with Crippen LogP contribution in [0.3, 0.4) is 0 Å². The van der Waals surface area contributed by atoms with Gasteiger partial charge in [-0.3, -0.25) is 10.1 Å². The van der Waals surface area contributed by atoms with Crippen LogP contribution in [-0.4, -0.2) is 4.92 Å². The van der Waals surface area contributed by atoms with E-state index < -0.39 is 0 Å². The first-order valence-electron chi connectivity index (χ1n) is 6.16. The summed E-state index contributed by atoms with van der Waals surface area (Å²) in [5, 5.41) is 14.2. The molecule has 1 unspecified atom stereocenters. The Morgan fingerprint density at radius 3 is 2.55 bits per heavy atom. The highest BCUT2D eigenvalue weighted by Crippen LogP contribution is 2.29. The van der Waals surface area contributed by atoms with Gasteiger partial charge in [0.1, 0.15) is 5.76 Å². The maximum absolute atomic E-state index is 10.9. The third-order valence-corrected chi connectivity index (χ3v) is 3.56. The van der Waals surface area contributed by atoms with Crippen molar-refractivity contribution >= 4 is 27.3 Å². The second-order valence-corrected chi connectivity index (χ2v) is 5.50. The quantitative estimate of drug-likeness (QED) is 0.645. The highest BCUT2D eigenvalue weighted by molar-refractivity contribution is 9.10. The smallest absolute Gasteiger partial charge is 0.272 e. The van der Waals surface area contributed by atoms with Crippen LogP contribution in [0.5, 0.6) is 0 Å². The largest absolute Gasteiger partial charge is 0.452 e. The topological polar surface area (TPSA) is 68.3 Å². The molecule has 5 nitrogen and oxygen atoms in total. The molecule has 1 aromatic carbocycles. The molecule has 1 heterocycles. The minimum atomic E-state index is -0.362. The molecule has 106 valence electrons. The van der Waals surface area contributed by atoms with Gasteiger partial charge in [0.15, 0.2) is 4.67 Å². The second-order valence-electron chi connectivity index (χ2n) is 4.72. The molecule has 0 aliphatic heterocycles. The number of benzene rings is 1. The Hall–Kier alpha value is -1.82. The van der Waals surface area contributed by atoms with E-state index in [1.165, 1.54) is 0 Å². The molecule has 0 bridgehead atoms. The zero-order valence-electron chi connectivity index (χ0n) is 11.4. The highest BCUT2D eigenvalue weighted by Gasteiger charge is 2.16. The average molecular weight is 339 g/mol. The van der Waals surface area contributed by atoms with E-state index in [-0.39, 0.29) is 16.7 Å². The monoisotopic (exact) mass is 338 g/mol. The van der Waals surface area contributed by atoms with Crippen molar-refractivity contribution < 1.29 is 9.34 Å². The van der Waals surface area contributed by atoms with E-state index >= 15 is 0 Å². The van der Waals surface area contributed by atoms with Crippen molar-refractivity contribution in [3.05, 3.63) is 55.9 Å². The predicted molar refractivity (Wildman–Crippen MR) is 81.0 cm³/mol. The molecule has 0 saturated carbocycles. The van der Waals surface area contributed by atoms with E-state index in [1.807, 2.05) is 26.0 Å².